The van der Waals surface area contributed by atoms with E-state index in [9.17, 15) is 24.3 Å². The van der Waals surface area contributed by atoms with Crippen LogP contribution < -0.4 is 4.90 Å². The van der Waals surface area contributed by atoms with Crippen LogP contribution in [0.25, 0.3) is 10.8 Å². The monoisotopic (exact) mass is 470 g/mol. The molecular weight excluding hydrogens is 444 g/mol. The van der Waals surface area contributed by atoms with E-state index < -0.39 is 29.7 Å². The average molecular weight is 471 g/mol. The second kappa shape index (κ2) is 8.43. The van der Waals surface area contributed by atoms with Crippen LogP contribution in [0.5, 0.6) is 0 Å². The number of anilines is 1. The molecule has 5 rings (SSSR count). The maximum absolute atomic E-state index is 13.8. The molecule has 0 bridgehead atoms. The zero-order valence-electron chi connectivity index (χ0n) is 19.9. The van der Waals surface area contributed by atoms with Gasteiger partial charge in [-0.2, -0.15) is 0 Å². The molecule has 7 nitrogen and oxygen atoms in total. The Bertz CT molecular complexity index is 1340. The number of hydrogen-bond acceptors (Lipinski definition) is 5. The number of benzene rings is 3. The zero-order chi connectivity index (χ0) is 25.0. The largest absolute Gasteiger partial charge is 0.394 e. The second-order valence-corrected chi connectivity index (χ2v) is 8.87. The van der Waals surface area contributed by atoms with Gasteiger partial charge in [-0.05, 0) is 54.7 Å². The van der Waals surface area contributed by atoms with Gasteiger partial charge >= 0.3 is 0 Å². The average Bonchev–Trinajstić information content (AvgIpc) is 2.88. The van der Waals surface area contributed by atoms with E-state index in [1.165, 1.54) is 4.90 Å². The molecule has 0 saturated carbocycles. The molecular formula is C28H26N2O5. The molecule has 2 heterocycles. The van der Waals surface area contributed by atoms with Gasteiger partial charge in [-0.1, -0.05) is 39.0 Å². The number of hydrogen-bond donors (Lipinski definition) is 1. The van der Waals surface area contributed by atoms with Gasteiger partial charge in [0.05, 0.1) is 18.3 Å². The van der Waals surface area contributed by atoms with Gasteiger partial charge in [0.2, 0.25) is 0 Å². The fraction of sp³-hybridized carbons (Fsp3) is 0.286. The number of aliphatic hydroxyl groups is 1. The van der Waals surface area contributed by atoms with Crippen molar-refractivity contribution in [2.24, 2.45) is 0 Å². The highest BCUT2D eigenvalue weighted by atomic mass is 16.3. The van der Waals surface area contributed by atoms with Crippen molar-refractivity contribution in [2.45, 2.75) is 46.1 Å². The third-order valence-corrected chi connectivity index (χ3v) is 7.16. The van der Waals surface area contributed by atoms with Gasteiger partial charge in [-0.3, -0.25) is 24.1 Å². The summed E-state index contributed by atoms with van der Waals surface area (Å²) in [4.78, 5) is 56.6. The van der Waals surface area contributed by atoms with E-state index >= 15 is 0 Å². The van der Waals surface area contributed by atoms with Crippen molar-refractivity contribution in [1.29, 1.82) is 0 Å². The molecule has 178 valence electrons. The molecule has 2 aliphatic heterocycles. The molecule has 0 aromatic heterocycles. The predicted molar refractivity (Wildman–Crippen MR) is 132 cm³/mol. The zero-order valence-corrected chi connectivity index (χ0v) is 19.9. The summed E-state index contributed by atoms with van der Waals surface area (Å²) in [6.45, 7) is 5.41. The number of imide groups is 2. The van der Waals surface area contributed by atoms with E-state index in [1.807, 2.05) is 32.0 Å². The fourth-order valence-electron chi connectivity index (χ4n) is 5.32. The minimum Gasteiger partial charge on any atom is -0.394 e. The van der Waals surface area contributed by atoms with Gasteiger partial charge in [0.25, 0.3) is 23.6 Å². The van der Waals surface area contributed by atoms with Crippen LogP contribution in [0.4, 0.5) is 5.69 Å². The number of para-hydroxylation sites is 1. The first-order valence-corrected chi connectivity index (χ1v) is 12.0. The highest BCUT2D eigenvalue weighted by Crippen LogP contribution is 2.41. The summed E-state index contributed by atoms with van der Waals surface area (Å²) in [5.74, 6) is -1.99. The Hall–Kier alpha value is -3.84. The normalized spacial score (nSPS) is 15.9. The quantitative estimate of drug-likeness (QED) is 0.547. The number of nitrogens with zero attached hydrogens (tertiary/aromatic N) is 2. The van der Waals surface area contributed by atoms with Crippen LogP contribution >= 0.6 is 0 Å². The first kappa shape index (κ1) is 22.9. The summed E-state index contributed by atoms with van der Waals surface area (Å²) >= 11 is 0. The van der Waals surface area contributed by atoms with Crippen molar-refractivity contribution in [2.75, 3.05) is 11.5 Å². The van der Waals surface area contributed by atoms with Gasteiger partial charge in [0.1, 0.15) is 0 Å². The molecule has 0 saturated heterocycles. The SMILES string of the molecule is CCc1cccc(CC)c1N1C(=O)c2ccc3c4c(ccc(c24)C1=O)C(=O)N(C(CC)CO)C3=O. The standard InChI is InChI=1S/C28H26N2O5/c1-4-15-8-7-9-16(5-2)24(15)30-27(34)20-12-10-18-22-19(11-13-21(23(20)22)28(30)35)26(33)29(25(18)32)17(6-3)14-31/h7-13,17,31H,4-6,14H2,1-3H3. The predicted octanol–water partition coefficient (Wildman–Crippen LogP) is 4.13. The maximum atomic E-state index is 13.8. The Labute approximate surface area is 202 Å². The lowest BCUT2D eigenvalue weighted by molar-refractivity contribution is 0.0465. The Balaban J connectivity index is 1.75. The number of rotatable bonds is 6. The van der Waals surface area contributed by atoms with Gasteiger partial charge in [0.15, 0.2) is 0 Å². The third kappa shape index (κ3) is 3.08. The van der Waals surface area contributed by atoms with E-state index in [-0.39, 0.29) is 28.9 Å². The van der Waals surface area contributed by atoms with E-state index in [0.717, 1.165) is 16.0 Å². The Morgan fingerprint density at radius 3 is 1.49 bits per heavy atom. The summed E-state index contributed by atoms with van der Waals surface area (Å²) in [7, 11) is 0. The highest BCUT2D eigenvalue weighted by molar-refractivity contribution is 6.39. The summed E-state index contributed by atoms with van der Waals surface area (Å²) in [5.41, 5.74) is 3.49. The number of carbonyl (C=O) groups is 4. The molecule has 0 spiro atoms. The van der Waals surface area contributed by atoms with Crippen molar-refractivity contribution in [1.82, 2.24) is 4.90 Å². The van der Waals surface area contributed by atoms with E-state index in [2.05, 4.69) is 0 Å². The second-order valence-electron chi connectivity index (χ2n) is 8.87. The minimum atomic E-state index is -0.651. The number of amides is 4. The summed E-state index contributed by atoms with van der Waals surface area (Å²) in [5, 5.41) is 10.4. The fourth-order valence-corrected chi connectivity index (χ4v) is 5.32. The molecule has 0 aliphatic carbocycles. The van der Waals surface area contributed by atoms with Crippen molar-refractivity contribution in [3.8, 4) is 0 Å². The Morgan fingerprint density at radius 2 is 1.11 bits per heavy atom. The minimum absolute atomic E-state index is 0.254. The molecule has 0 fully saturated rings. The van der Waals surface area contributed by atoms with E-state index in [0.29, 0.717) is 35.7 Å². The number of aryl methyl sites for hydroxylation is 2. The molecule has 3 aromatic rings. The maximum Gasteiger partial charge on any atom is 0.266 e. The Kier molecular flexibility index (Phi) is 5.52. The summed E-state index contributed by atoms with van der Waals surface area (Å²) in [6, 6.07) is 11.4. The highest BCUT2D eigenvalue weighted by Gasteiger charge is 2.42. The lowest BCUT2D eigenvalue weighted by atomic mass is 9.85. The molecule has 2 aliphatic rings. The molecule has 7 heteroatoms. The van der Waals surface area contributed by atoms with Crippen LogP contribution in [0.1, 0.15) is 79.8 Å². The molecule has 4 amide bonds. The van der Waals surface area contributed by atoms with Crippen molar-refractivity contribution in [3.63, 3.8) is 0 Å². The molecule has 35 heavy (non-hydrogen) atoms. The van der Waals surface area contributed by atoms with Gasteiger partial charge in [-0.15, -0.1) is 0 Å². The van der Waals surface area contributed by atoms with Crippen molar-refractivity contribution >= 4 is 40.1 Å². The van der Waals surface area contributed by atoms with Crippen LogP contribution in [0.15, 0.2) is 42.5 Å². The van der Waals surface area contributed by atoms with Crippen LogP contribution in [-0.2, 0) is 12.8 Å². The van der Waals surface area contributed by atoms with Gasteiger partial charge in [0, 0.05) is 33.0 Å². The molecule has 1 N–H and O–H groups in total. The summed E-state index contributed by atoms with van der Waals surface area (Å²) < 4.78 is 0. The number of carbonyl (C=O) groups excluding carboxylic acids is 4. The molecule has 1 atom stereocenters. The van der Waals surface area contributed by atoms with Gasteiger partial charge < -0.3 is 5.11 Å². The first-order chi connectivity index (χ1) is 16.9. The summed E-state index contributed by atoms with van der Waals surface area (Å²) in [6.07, 6.45) is 1.72. The molecule has 3 aromatic carbocycles. The van der Waals surface area contributed by atoms with E-state index in [4.69, 9.17) is 0 Å². The third-order valence-electron chi connectivity index (χ3n) is 7.16. The van der Waals surface area contributed by atoms with Crippen LogP contribution in [-0.4, -0.2) is 46.3 Å². The van der Waals surface area contributed by atoms with Gasteiger partial charge in [-0.25, -0.2) is 4.90 Å². The first-order valence-electron chi connectivity index (χ1n) is 12.0. The molecule has 0 radical (unpaired) electrons. The lowest BCUT2D eigenvalue weighted by Gasteiger charge is -2.35. The lowest BCUT2D eigenvalue weighted by Crippen LogP contribution is -2.49. The Morgan fingerprint density at radius 1 is 0.686 bits per heavy atom. The van der Waals surface area contributed by atoms with E-state index in [1.54, 1.807) is 31.2 Å². The topological polar surface area (TPSA) is 95.0 Å². The smallest absolute Gasteiger partial charge is 0.266 e. The molecule has 1 unspecified atom stereocenters. The van der Waals surface area contributed by atoms with Crippen molar-refractivity contribution in [3.05, 3.63) is 75.8 Å². The van der Waals surface area contributed by atoms with Crippen molar-refractivity contribution < 1.29 is 24.3 Å². The number of aliphatic hydroxyl groups excluding tert-OH is 1. The van der Waals surface area contributed by atoms with Crippen LogP contribution in [0, 0.1) is 0 Å². The van der Waals surface area contributed by atoms with Crippen LogP contribution in [0.3, 0.4) is 0 Å². The van der Waals surface area contributed by atoms with Crippen LogP contribution in [0.2, 0.25) is 0 Å².